The maximum atomic E-state index is 13.5. The van der Waals surface area contributed by atoms with Crippen LogP contribution in [0.15, 0.2) is 121 Å². The predicted molar refractivity (Wildman–Crippen MR) is 175 cm³/mol. The molecule has 10 nitrogen and oxygen atoms in total. The first-order chi connectivity index (χ1) is 20.9. The molecule has 1 N–H and O–H groups in total. The van der Waals surface area contributed by atoms with Crippen LogP contribution < -0.4 is 5.32 Å². The number of hydrazone groups is 1. The minimum Gasteiger partial charge on any atom is -0.340 e. The number of aliphatic imine (C=N–C) groups is 1. The van der Waals surface area contributed by atoms with Gasteiger partial charge in [-0.3, -0.25) is 4.99 Å². The Morgan fingerprint density at radius 1 is 0.930 bits per heavy atom. The molecule has 5 aromatic rings. The number of anilines is 2. The van der Waals surface area contributed by atoms with Gasteiger partial charge in [0.2, 0.25) is 0 Å². The average Bonchev–Trinajstić information content (AvgIpc) is 3.60. The van der Waals surface area contributed by atoms with Crippen LogP contribution in [0.4, 0.5) is 11.5 Å². The van der Waals surface area contributed by atoms with Crippen LogP contribution in [0, 0.1) is 0 Å². The number of fused-ring (bicyclic) bond motifs is 2. The maximum Gasteiger partial charge on any atom is 0.284 e. The smallest absolute Gasteiger partial charge is 0.284 e. The number of nitrogens with zero attached hydrogens (tertiary/aromatic N) is 7. The fourth-order valence-corrected chi connectivity index (χ4v) is 6.72. The Morgan fingerprint density at radius 3 is 2.35 bits per heavy atom. The molecule has 0 saturated carbocycles. The lowest BCUT2D eigenvalue weighted by molar-refractivity contribution is 0.366. The third kappa shape index (κ3) is 5.39. The van der Waals surface area contributed by atoms with Crippen molar-refractivity contribution in [3.05, 3.63) is 107 Å². The van der Waals surface area contributed by atoms with Crippen molar-refractivity contribution in [2.75, 3.05) is 5.32 Å². The second-order valence-corrected chi connectivity index (χ2v) is 13.4. The number of hydrogen-bond acceptors (Lipinski definition) is 7. The predicted octanol–water partition coefficient (Wildman–Crippen LogP) is 6.27. The summed E-state index contributed by atoms with van der Waals surface area (Å²) in [5.41, 5.74) is 4.73. The van der Waals surface area contributed by atoms with E-state index in [9.17, 15) is 8.42 Å². The zero-order valence-electron chi connectivity index (χ0n) is 22.3. The van der Waals surface area contributed by atoms with Gasteiger partial charge >= 0.3 is 0 Å². The Balaban J connectivity index is 1.18. The number of hydrogen-bond donors (Lipinski definition) is 1. The Kier molecular flexibility index (Phi) is 7.15. The molecule has 2 atom stereocenters. The molecule has 0 saturated heterocycles. The van der Waals surface area contributed by atoms with Gasteiger partial charge in [0.1, 0.15) is 11.7 Å². The van der Waals surface area contributed by atoms with E-state index in [0.717, 1.165) is 27.0 Å². The molecule has 0 spiro atoms. The molecule has 214 valence electrons. The zero-order chi connectivity index (χ0) is 29.6. The van der Waals surface area contributed by atoms with E-state index in [2.05, 4.69) is 51.8 Å². The average molecular weight is 718 g/mol. The highest BCUT2D eigenvalue weighted by molar-refractivity contribution is 9.10. The van der Waals surface area contributed by atoms with Crippen LogP contribution in [0.25, 0.3) is 16.9 Å². The first kappa shape index (κ1) is 27.6. The zero-order valence-corrected chi connectivity index (χ0v) is 26.3. The number of aromatic nitrogens is 3. The summed E-state index contributed by atoms with van der Waals surface area (Å²) in [7, 11) is -4.04. The van der Waals surface area contributed by atoms with E-state index in [1.165, 1.54) is 12.1 Å². The number of amidine groups is 1. The van der Waals surface area contributed by atoms with Crippen molar-refractivity contribution in [2.45, 2.75) is 22.3 Å². The van der Waals surface area contributed by atoms with Gasteiger partial charge < -0.3 is 5.32 Å². The maximum absolute atomic E-state index is 13.5. The van der Waals surface area contributed by atoms with E-state index < -0.39 is 16.2 Å². The SMILES string of the molecule is O=S(=O)(N=C1CC(c2ccccc2)=NC2C(Br)C=NN12)c1ccc(Nc2cc(-c3ccccc3)nc3c(Br)cnn23)cc1. The number of benzene rings is 3. The van der Waals surface area contributed by atoms with Crippen molar-refractivity contribution in [2.24, 2.45) is 14.5 Å². The number of alkyl halides is 1. The van der Waals surface area contributed by atoms with Crippen molar-refractivity contribution < 1.29 is 8.42 Å². The fraction of sp³-hybridized carbons (Fsp3) is 0.100. The first-order valence-corrected chi connectivity index (χ1v) is 16.4. The van der Waals surface area contributed by atoms with Crippen LogP contribution in [0.2, 0.25) is 0 Å². The molecule has 0 aliphatic carbocycles. The summed E-state index contributed by atoms with van der Waals surface area (Å²) in [6.45, 7) is 0. The lowest BCUT2D eigenvalue weighted by Crippen LogP contribution is -2.42. The molecule has 0 fully saturated rings. The topological polar surface area (TPSA) is 117 Å². The van der Waals surface area contributed by atoms with Gasteiger partial charge in [0.15, 0.2) is 11.8 Å². The molecule has 3 aromatic carbocycles. The van der Waals surface area contributed by atoms with E-state index in [4.69, 9.17) is 9.98 Å². The Morgan fingerprint density at radius 2 is 1.63 bits per heavy atom. The number of sulfonamides is 1. The minimum atomic E-state index is -4.04. The van der Waals surface area contributed by atoms with Gasteiger partial charge in [-0.05, 0) is 45.8 Å². The molecule has 0 amide bonds. The molecule has 0 radical (unpaired) electrons. The van der Waals surface area contributed by atoms with Crippen LogP contribution in [0.5, 0.6) is 0 Å². The highest BCUT2D eigenvalue weighted by Crippen LogP contribution is 2.30. The van der Waals surface area contributed by atoms with E-state index in [1.54, 1.807) is 34.1 Å². The van der Waals surface area contributed by atoms with Crippen molar-refractivity contribution in [1.29, 1.82) is 0 Å². The Hall–Kier alpha value is -4.20. The van der Waals surface area contributed by atoms with Gasteiger partial charge in [-0.15, -0.1) is 4.40 Å². The fourth-order valence-electron chi connectivity index (χ4n) is 4.91. The molecular formula is C30H22Br2N8O2S. The quantitative estimate of drug-likeness (QED) is 0.207. The molecule has 7 rings (SSSR count). The number of nitrogens with one attached hydrogen (secondary N) is 1. The van der Waals surface area contributed by atoms with E-state index >= 15 is 0 Å². The standard InChI is InChI=1S/C30H22Br2N8O2S/c31-23-17-33-39-27(15-25(36-29(23)39)19-7-3-1-4-8-19)35-21-11-13-22(14-12-21)43(41,42)38-28-16-26(20-9-5-2-6-10-20)37-30-24(32)18-34-40(28)30/h1-15,17-18,24,30,35H,16H2. The molecule has 4 heterocycles. The monoisotopic (exact) mass is 716 g/mol. The summed E-state index contributed by atoms with van der Waals surface area (Å²) in [6, 6.07) is 27.9. The highest BCUT2D eigenvalue weighted by Gasteiger charge is 2.37. The van der Waals surface area contributed by atoms with Gasteiger partial charge in [0.05, 0.1) is 38.2 Å². The number of halogens is 2. The van der Waals surface area contributed by atoms with Gasteiger partial charge in [0, 0.05) is 23.5 Å². The lowest BCUT2D eigenvalue weighted by atomic mass is 10.0. The van der Waals surface area contributed by atoms with Crippen LogP contribution in [0.3, 0.4) is 0 Å². The Bertz CT molecular complexity index is 2030. The van der Waals surface area contributed by atoms with Gasteiger partial charge in [-0.1, -0.05) is 76.6 Å². The molecule has 0 bridgehead atoms. The van der Waals surface area contributed by atoms with Gasteiger partial charge in [-0.25, -0.2) is 9.99 Å². The van der Waals surface area contributed by atoms with Crippen LogP contribution in [-0.4, -0.2) is 56.8 Å². The van der Waals surface area contributed by atoms with E-state index in [-0.39, 0.29) is 16.1 Å². The van der Waals surface area contributed by atoms with Crippen LogP contribution in [-0.2, 0) is 10.0 Å². The highest BCUT2D eigenvalue weighted by atomic mass is 79.9. The number of rotatable bonds is 6. The normalized spacial score (nSPS) is 19.1. The van der Waals surface area contributed by atoms with Gasteiger partial charge in [0.25, 0.3) is 10.0 Å². The lowest BCUT2D eigenvalue weighted by Gasteiger charge is -2.29. The molecule has 2 aromatic heterocycles. The van der Waals surface area contributed by atoms with Crippen LogP contribution >= 0.6 is 31.9 Å². The van der Waals surface area contributed by atoms with Gasteiger partial charge in [-0.2, -0.15) is 23.1 Å². The van der Waals surface area contributed by atoms with Crippen molar-refractivity contribution in [1.82, 2.24) is 19.6 Å². The molecule has 2 unspecified atom stereocenters. The summed E-state index contributed by atoms with van der Waals surface area (Å²) in [4.78, 5) is 9.48. The summed E-state index contributed by atoms with van der Waals surface area (Å²) in [5, 5.41) is 13.7. The second kappa shape index (κ2) is 11.1. The molecule has 43 heavy (non-hydrogen) atoms. The van der Waals surface area contributed by atoms with Crippen LogP contribution in [0.1, 0.15) is 12.0 Å². The summed E-state index contributed by atoms with van der Waals surface area (Å²) >= 11 is 7.11. The van der Waals surface area contributed by atoms with Crippen molar-refractivity contribution >= 4 is 76.8 Å². The second-order valence-electron chi connectivity index (χ2n) is 9.84. The molecule has 2 aliphatic heterocycles. The third-order valence-corrected chi connectivity index (χ3v) is 9.59. The van der Waals surface area contributed by atoms with Crippen molar-refractivity contribution in [3.63, 3.8) is 0 Å². The molecular weight excluding hydrogens is 696 g/mol. The molecule has 13 heteroatoms. The molecule has 2 aliphatic rings. The summed E-state index contributed by atoms with van der Waals surface area (Å²) in [5.74, 6) is 0.985. The largest absolute Gasteiger partial charge is 0.340 e. The third-order valence-electron chi connectivity index (χ3n) is 7.00. The first-order valence-electron chi connectivity index (χ1n) is 13.3. The van der Waals surface area contributed by atoms with Crippen molar-refractivity contribution in [3.8, 4) is 11.3 Å². The summed E-state index contributed by atoms with van der Waals surface area (Å²) in [6.07, 6.45) is 3.20. The Labute approximate surface area is 264 Å². The minimum absolute atomic E-state index is 0.0659. The van der Waals surface area contributed by atoms with E-state index in [1.807, 2.05) is 66.7 Å². The summed E-state index contributed by atoms with van der Waals surface area (Å²) < 4.78 is 33.7. The van der Waals surface area contributed by atoms with E-state index in [0.29, 0.717) is 23.0 Å².